The maximum atomic E-state index is 5.35. The third kappa shape index (κ3) is 1.12. The first-order chi connectivity index (χ1) is 5.81. The molecule has 2 heteroatoms. The zero-order chi connectivity index (χ0) is 8.55. The van der Waals surface area contributed by atoms with E-state index in [1.165, 1.54) is 10.9 Å². The molecule has 0 fully saturated rings. The van der Waals surface area contributed by atoms with Gasteiger partial charge < -0.3 is 4.42 Å². The van der Waals surface area contributed by atoms with Gasteiger partial charge in [-0.25, -0.2) is 0 Å². The third-order valence-corrected chi connectivity index (χ3v) is 2.32. The van der Waals surface area contributed by atoms with Crippen LogP contribution < -0.4 is 0 Å². The van der Waals surface area contributed by atoms with Gasteiger partial charge >= 0.3 is 0 Å². The van der Waals surface area contributed by atoms with Crippen molar-refractivity contribution in [3.8, 4) is 0 Å². The van der Waals surface area contributed by atoms with E-state index < -0.39 is 0 Å². The highest BCUT2D eigenvalue weighted by atomic mass is 32.1. The van der Waals surface area contributed by atoms with Crippen LogP contribution in [0.25, 0.3) is 11.0 Å². The van der Waals surface area contributed by atoms with Crippen molar-refractivity contribution in [2.24, 2.45) is 0 Å². The molecule has 0 amide bonds. The van der Waals surface area contributed by atoms with Gasteiger partial charge in [-0.3, -0.25) is 0 Å². The van der Waals surface area contributed by atoms with Crippen LogP contribution in [0.15, 0.2) is 28.9 Å². The van der Waals surface area contributed by atoms with Crippen LogP contribution in [-0.2, 0) is 5.75 Å². The Morgan fingerprint density at radius 3 is 3.00 bits per heavy atom. The van der Waals surface area contributed by atoms with Crippen molar-refractivity contribution in [1.29, 1.82) is 0 Å². The van der Waals surface area contributed by atoms with Crippen molar-refractivity contribution in [2.75, 3.05) is 0 Å². The average molecular weight is 178 g/mol. The van der Waals surface area contributed by atoms with Crippen molar-refractivity contribution in [1.82, 2.24) is 0 Å². The smallest absolute Gasteiger partial charge is 0.134 e. The second kappa shape index (κ2) is 2.87. The van der Waals surface area contributed by atoms with E-state index in [1.54, 1.807) is 6.26 Å². The lowest BCUT2D eigenvalue weighted by molar-refractivity contribution is 0.612. The standard InChI is InChI=1S/C10H10OS/c1-7-2-3-10-9(4-7)8(6-12)5-11-10/h2-5,12H,6H2,1H3. The number of aryl methyl sites for hydroxylation is 1. The molecule has 1 aromatic carbocycles. The van der Waals surface area contributed by atoms with Crippen molar-refractivity contribution in [2.45, 2.75) is 12.7 Å². The van der Waals surface area contributed by atoms with E-state index in [0.717, 1.165) is 16.9 Å². The van der Waals surface area contributed by atoms with E-state index in [0.29, 0.717) is 0 Å². The second-order valence-corrected chi connectivity index (χ2v) is 3.23. The number of furan rings is 1. The van der Waals surface area contributed by atoms with Crippen LogP contribution in [0.4, 0.5) is 0 Å². The van der Waals surface area contributed by atoms with E-state index in [-0.39, 0.29) is 0 Å². The lowest BCUT2D eigenvalue weighted by atomic mass is 10.1. The van der Waals surface area contributed by atoms with Gasteiger partial charge in [0.2, 0.25) is 0 Å². The molecule has 0 saturated heterocycles. The molecule has 12 heavy (non-hydrogen) atoms. The van der Waals surface area contributed by atoms with E-state index in [9.17, 15) is 0 Å². The molecule has 2 rings (SSSR count). The summed E-state index contributed by atoms with van der Waals surface area (Å²) in [7, 11) is 0. The lowest BCUT2D eigenvalue weighted by Crippen LogP contribution is -1.74. The molecule has 0 spiro atoms. The number of benzene rings is 1. The maximum Gasteiger partial charge on any atom is 0.134 e. The normalized spacial score (nSPS) is 10.8. The van der Waals surface area contributed by atoms with Crippen molar-refractivity contribution >= 4 is 23.6 Å². The van der Waals surface area contributed by atoms with Crippen molar-refractivity contribution in [3.63, 3.8) is 0 Å². The molecule has 1 aromatic heterocycles. The summed E-state index contributed by atoms with van der Waals surface area (Å²) >= 11 is 4.23. The summed E-state index contributed by atoms with van der Waals surface area (Å²) in [4.78, 5) is 0. The maximum absolute atomic E-state index is 5.35. The van der Waals surface area contributed by atoms with Gasteiger partial charge in [-0.05, 0) is 19.1 Å². The minimum atomic E-state index is 0.733. The average Bonchev–Trinajstić information content (AvgIpc) is 2.46. The third-order valence-electron chi connectivity index (χ3n) is 1.98. The molecule has 0 aliphatic carbocycles. The first kappa shape index (κ1) is 7.74. The summed E-state index contributed by atoms with van der Waals surface area (Å²) in [5.74, 6) is 0.733. The molecule has 0 unspecified atom stereocenters. The highest BCUT2D eigenvalue weighted by molar-refractivity contribution is 7.79. The van der Waals surface area contributed by atoms with Gasteiger partial charge in [0.05, 0.1) is 6.26 Å². The number of hydrogen-bond acceptors (Lipinski definition) is 2. The largest absolute Gasteiger partial charge is 0.464 e. The number of fused-ring (bicyclic) bond motifs is 1. The first-order valence-corrected chi connectivity index (χ1v) is 4.52. The molecule has 0 radical (unpaired) electrons. The van der Waals surface area contributed by atoms with E-state index >= 15 is 0 Å². The molecule has 0 aliphatic rings. The summed E-state index contributed by atoms with van der Waals surface area (Å²) in [6.45, 7) is 2.08. The van der Waals surface area contributed by atoms with Crippen LogP contribution in [0.5, 0.6) is 0 Å². The minimum Gasteiger partial charge on any atom is -0.464 e. The number of thiol groups is 1. The van der Waals surface area contributed by atoms with Crippen LogP contribution in [0.3, 0.4) is 0 Å². The topological polar surface area (TPSA) is 13.1 Å². The zero-order valence-electron chi connectivity index (χ0n) is 6.87. The van der Waals surface area contributed by atoms with Gasteiger partial charge in [0.25, 0.3) is 0 Å². The number of hydrogen-bond donors (Lipinski definition) is 1. The molecule has 2 aromatic rings. The van der Waals surface area contributed by atoms with Crippen LogP contribution in [0.1, 0.15) is 11.1 Å². The van der Waals surface area contributed by atoms with Crippen molar-refractivity contribution < 1.29 is 4.42 Å². The van der Waals surface area contributed by atoms with Gasteiger partial charge in [-0.15, -0.1) is 0 Å². The Morgan fingerprint density at radius 1 is 1.42 bits per heavy atom. The van der Waals surface area contributed by atoms with Gasteiger partial charge in [-0.1, -0.05) is 11.6 Å². The molecule has 0 aliphatic heterocycles. The molecule has 1 heterocycles. The molecule has 0 saturated carbocycles. The predicted octanol–water partition coefficient (Wildman–Crippen LogP) is 3.17. The Hall–Kier alpha value is -0.890. The molecule has 0 bridgehead atoms. The van der Waals surface area contributed by atoms with Crippen LogP contribution in [0.2, 0.25) is 0 Å². The Bertz CT molecular complexity index is 403. The fourth-order valence-electron chi connectivity index (χ4n) is 1.32. The summed E-state index contributed by atoms with van der Waals surface area (Å²) in [6.07, 6.45) is 1.77. The number of rotatable bonds is 1. The Kier molecular flexibility index (Phi) is 1.85. The predicted molar refractivity (Wildman–Crippen MR) is 53.6 cm³/mol. The molecular weight excluding hydrogens is 168 g/mol. The lowest BCUT2D eigenvalue weighted by Gasteiger charge is -1.93. The first-order valence-electron chi connectivity index (χ1n) is 3.89. The summed E-state index contributed by atoms with van der Waals surface area (Å²) in [5, 5.41) is 1.19. The molecule has 0 atom stereocenters. The van der Waals surface area contributed by atoms with Crippen LogP contribution in [-0.4, -0.2) is 0 Å². The summed E-state index contributed by atoms with van der Waals surface area (Å²) in [5.41, 5.74) is 3.37. The van der Waals surface area contributed by atoms with E-state index in [2.05, 4.69) is 25.6 Å². The highest BCUT2D eigenvalue weighted by Crippen LogP contribution is 2.23. The second-order valence-electron chi connectivity index (χ2n) is 2.92. The quantitative estimate of drug-likeness (QED) is 0.662. The molecule has 62 valence electrons. The van der Waals surface area contributed by atoms with Gasteiger partial charge in [0.1, 0.15) is 5.58 Å². The monoisotopic (exact) mass is 178 g/mol. The molecule has 1 nitrogen and oxygen atoms in total. The SMILES string of the molecule is Cc1ccc2occ(CS)c2c1. The van der Waals surface area contributed by atoms with Crippen molar-refractivity contribution in [3.05, 3.63) is 35.6 Å². The van der Waals surface area contributed by atoms with Gasteiger partial charge in [0, 0.05) is 16.7 Å². The van der Waals surface area contributed by atoms with Crippen LogP contribution in [0, 0.1) is 6.92 Å². The van der Waals surface area contributed by atoms with Gasteiger partial charge in [0.15, 0.2) is 0 Å². The summed E-state index contributed by atoms with van der Waals surface area (Å²) < 4.78 is 5.35. The highest BCUT2D eigenvalue weighted by Gasteiger charge is 2.02. The van der Waals surface area contributed by atoms with E-state index in [4.69, 9.17) is 4.42 Å². The Labute approximate surface area is 76.8 Å². The fraction of sp³-hybridized carbons (Fsp3) is 0.200. The van der Waals surface area contributed by atoms with E-state index in [1.807, 2.05) is 12.1 Å². The van der Waals surface area contributed by atoms with Crippen LogP contribution >= 0.6 is 12.6 Å². The molecular formula is C10H10OS. The minimum absolute atomic E-state index is 0.733. The fourth-order valence-corrected chi connectivity index (χ4v) is 1.56. The zero-order valence-corrected chi connectivity index (χ0v) is 7.77. The Balaban J connectivity index is 2.75. The van der Waals surface area contributed by atoms with Gasteiger partial charge in [-0.2, -0.15) is 12.6 Å². The molecule has 0 N–H and O–H groups in total. The summed E-state index contributed by atoms with van der Waals surface area (Å²) in [6, 6.07) is 6.18. The Morgan fingerprint density at radius 2 is 2.25 bits per heavy atom.